The number of methoxy groups -OCH3 is 1. The average Bonchev–Trinajstić information content (AvgIpc) is 3.00. The Bertz CT molecular complexity index is 991. The summed E-state index contributed by atoms with van der Waals surface area (Å²) in [4.78, 5) is 20.0. The summed E-state index contributed by atoms with van der Waals surface area (Å²) >= 11 is 0. The van der Waals surface area contributed by atoms with E-state index in [0.717, 1.165) is 33.3 Å². The quantitative estimate of drug-likeness (QED) is 0.348. The Morgan fingerprint density at radius 2 is 2.00 bits per heavy atom. The number of aromatic nitrogens is 1. The number of rotatable bonds is 8. The first-order valence-corrected chi connectivity index (χ1v) is 8.88. The molecule has 0 atom stereocenters. The molecular weight excluding hydrogens is 342 g/mol. The van der Waals surface area contributed by atoms with Crippen molar-refractivity contribution in [3.05, 3.63) is 53.7 Å². The average molecular weight is 367 g/mol. The molecular formula is C21H25N3O3. The Kier molecular flexibility index (Phi) is 5.88. The highest BCUT2D eigenvalue weighted by Gasteiger charge is 2.19. The van der Waals surface area contributed by atoms with Crippen LogP contribution in [0.5, 0.6) is 0 Å². The Hall–Kier alpha value is -2.70. The molecule has 3 rings (SSSR count). The number of nitrogens with zero attached hydrogens (tertiary/aromatic N) is 3. The van der Waals surface area contributed by atoms with Gasteiger partial charge in [-0.3, -0.25) is 9.69 Å². The first-order chi connectivity index (χ1) is 13.1. The predicted molar refractivity (Wildman–Crippen MR) is 108 cm³/mol. The molecule has 2 heterocycles. The maximum atomic E-state index is 13.1. The van der Waals surface area contributed by atoms with E-state index in [4.69, 9.17) is 9.57 Å². The lowest BCUT2D eigenvalue weighted by molar-refractivity contribution is 0.0926. The fraction of sp³-hybridized carbons (Fsp3) is 0.333. The molecule has 0 N–H and O–H groups in total. The Morgan fingerprint density at radius 3 is 2.74 bits per heavy atom. The van der Waals surface area contributed by atoms with Crippen molar-refractivity contribution in [2.75, 3.05) is 41.0 Å². The Morgan fingerprint density at radius 1 is 1.19 bits per heavy atom. The largest absolute Gasteiger partial charge is 0.399 e. The number of benzene rings is 1. The molecule has 1 aromatic carbocycles. The van der Waals surface area contributed by atoms with Gasteiger partial charge in [-0.1, -0.05) is 23.4 Å². The van der Waals surface area contributed by atoms with Crippen LogP contribution in [0, 0.1) is 0 Å². The van der Waals surface area contributed by atoms with E-state index in [2.05, 4.69) is 9.56 Å². The van der Waals surface area contributed by atoms with Crippen LogP contribution in [0.2, 0.25) is 0 Å². The van der Waals surface area contributed by atoms with E-state index in [1.54, 1.807) is 7.11 Å². The predicted octanol–water partition coefficient (Wildman–Crippen LogP) is 3.22. The highest BCUT2D eigenvalue weighted by Crippen LogP contribution is 2.28. The van der Waals surface area contributed by atoms with E-state index in [1.165, 1.54) is 7.11 Å². The zero-order chi connectivity index (χ0) is 19.4. The summed E-state index contributed by atoms with van der Waals surface area (Å²) in [7, 11) is 5.13. The molecule has 0 amide bonds. The second-order valence-corrected chi connectivity index (χ2v) is 6.58. The molecule has 0 bridgehead atoms. The van der Waals surface area contributed by atoms with Crippen LogP contribution in [-0.2, 0) is 9.57 Å². The van der Waals surface area contributed by atoms with Gasteiger partial charge in [-0.2, -0.15) is 0 Å². The summed E-state index contributed by atoms with van der Waals surface area (Å²) in [5, 5.41) is 4.96. The van der Waals surface area contributed by atoms with Gasteiger partial charge in [0.05, 0.1) is 35.5 Å². The fourth-order valence-corrected chi connectivity index (χ4v) is 3.30. The number of ether oxygens (including phenoxy) is 1. The van der Waals surface area contributed by atoms with Crippen molar-refractivity contribution >= 4 is 27.9 Å². The number of likely N-dealkylation sites (N-methyl/N-ethyl adjacent to an activating group) is 1. The molecule has 0 spiro atoms. The summed E-state index contributed by atoms with van der Waals surface area (Å²) in [6, 6.07) is 11.9. The summed E-state index contributed by atoms with van der Waals surface area (Å²) in [6.45, 7) is 3.56. The number of oxime groups is 1. The van der Waals surface area contributed by atoms with E-state index in [-0.39, 0.29) is 5.78 Å². The first kappa shape index (κ1) is 19.1. The van der Waals surface area contributed by atoms with Crippen LogP contribution in [0.1, 0.15) is 22.8 Å². The number of hydrogen-bond donors (Lipinski definition) is 0. The van der Waals surface area contributed by atoms with Crippen molar-refractivity contribution < 1.29 is 14.4 Å². The van der Waals surface area contributed by atoms with Gasteiger partial charge in [-0.25, -0.2) is 0 Å². The minimum absolute atomic E-state index is 0.0994. The molecule has 3 aromatic rings. The molecule has 27 heavy (non-hydrogen) atoms. The zero-order valence-electron chi connectivity index (χ0n) is 16.2. The van der Waals surface area contributed by atoms with Gasteiger partial charge in [0.25, 0.3) is 0 Å². The lowest BCUT2D eigenvalue weighted by Gasteiger charge is -2.14. The van der Waals surface area contributed by atoms with E-state index < -0.39 is 0 Å². The highest BCUT2D eigenvalue weighted by atomic mass is 16.6. The summed E-state index contributed by atoms with van der Waals surface area (Å²) in [5.41, 5.74) is 4.40. The van der Waals surface area contributed by atoms with Crippen molar-refractivity contribution in [1.29, 1.82) is 0 Å². The number of pyridine rings is 1. The molecule has 6 nitrogen and oxygen atoms in total. The minimum atomic E-state index is 0.0994. The van der Waals surface area contributed by atoms with Crippen molar-refractivity contribution in [2.24, 2.45) is 5.16 Å². The number of hydrogen-bond acceptors (Lipinski definition) is 5. The molecule has 0 radical (unpaired) electrons. The van der Waals surface area contributed by atoms with Gasteiger partial charge in [0.15, 0.2) is 5.78 Å². The van der Waals surface area contributed by atoms with Gasteiger partial charge in [-0.05, 0) is 32.2 Å². The lowest BCUT2D eigenvalue weighted by Crippen LogP contribution is -2.29. The van der Waals surface area contributed by atoms with Crippen molar-refractivity contribution in [3.63, 3.8) is 0 Å². The molecule has 0 saturated carbocycles. The summed E-state index contributed by atoms with van der Waals surface area (Å²) in [6.07, 6.45) is 1.98. The third kappa shape index (κ3) is 3.86. The van der Waals surface area contributed by atoms with Crippen LogP contribution in [0.4, 0.5) is 0 Å². The third-order valence-corrected chi connectivity index (χ3v) is 4.66. The molecule has 0 unspecified atom stereocenters. The van der Waals surface area contributed by atoms with E-state index >= 15 is 0 Å². The van der Waals surface area contributed by atoms with E-state index in [1.807, 2.05) is 61.5 Å². The van der Waals surface area contributed by atoms with Gasteiger partial charge >= 0.3 is 0 Å². The van der Waals surface area contributed by atoms with Gasteiger partial charge in [0.2, 0.25) is 0 Å². The summed E-state index contributed by atoms with van der Waals surface area (Å²) < 4.78 is 7.16. The van der Waals surface area contributed by atoms with Gasteiger partial charge < -0.3 is 14.0 Å². The van der Waals surface area contributed by atoms with Gasteiger partial charge in [0, 0.05) is 30.8 Å². The summed E-state index contributed by atoms with van der Waals surface area (Å²) in [5.74, 6) is 0.0994. The maximum Gasteiger partial charge on any atom is 0.179 e. The highest BCUT2D eigenvalue weighted by molar-refractivity contribution is 6.16. The topological polar surface area (TPSA) is 55.5 Å². The van der Waals surface area contributed by atoms with Crippen LogP contribution >= 0.6 is 0 Å². The molecule has 0 aliphatic heterocycles. The van der Waals surface area contributed by atoms with Crippen molar-refractivity contribution in [3.8, 4) is 0 Å². The molecule has 0 saturated heterocycles. The minimum Gasteiger partial charge on any atom is -0.399 e. The number of carbonyl (C=O) groups is 1. The number of ketones is 1. The SMILES string of the molecule is COCCN(C)CC(=O)c1c2ccc(C(C)=NOC)cc2n2ccccc12. The number of Topliss-reactive ketones (excluding diaryl/α,β-unsaturated/α-hetero) is 1. The third-order valence-electron chi connectivity index (χ3n) is 4.66. The van der Waals surface area contributed by atoms with Crippen molar-refractivity contribution in [1.82, 2.24) is 9.30 Å². The standard InChI is InChI=1S/C21H25N3O3/c1-15(22-27-4)16-8-9-17-19(13-16)24-10-6-5-7-18(24)21(17)20(25)14-23(2)11-12-26-3/h5-10,13H,11-12,14H2,1-4H3. The van der Waals surface area contributed by atoms with Crippen LogP contribution in [0.15, 0.2) is 47.8 Å². The monoisotopic (exact) mass is 367 g/mol. The molecule has 0 fully saturated rings. The molecule has 2 aromatic heterocycles. The molecule has 0 aliphatic carbocycles. The number of carbonyl (C=O) groups excluding carboxylic acids is 1. The van der Waals surface area contributed by atoms with Crippen LogP contribution in [0.25, 0.3) is 16.4 Å². The fourth-order valence-electron chi connectivity index (χ4n) is 3.30. The van der Waals surface area contributed by atoms with Gasteiger partial charge in [-0.15, -0.1) is 0 Å². The van der Waals surface area contributed by atoms with Crippen LogP contribution < -0.4 is 0 Å². The Balaban J connectivity index is 2.09. The second kappa shape index (κ2) is 8.33. The molecule has 6 heteroatoms. The smallest absolute Gasteiger partial charge is 0.179 e. The maximum absolute atomic E-state index is 13.1. The van der Waals surface area contributed by atoms with Crippen LogP contribution in [0.3, 0.4) is 0 Å². The van der Waals surface area contributed by atoms with E-state index in [0.29, 0.717) is 19.7 Å². The van der Waals surface area contributed by atoms with Gasteiger partial charge in [0.1, 0.15) is 7.11 Å². The van der Waals surface area contributed by atoms with E-state index in [9.17, 15) is 4.79 Å². The zero-order valence-corrected chi connectivity index (χ0v) is 16.2. The first-order valence-electron chi connectivity index (χ1n) is 8.88. The van der Waals surface area contributed by atoms with Crippen molar-refractivity contribution in [2.45, 2.75) is 6.92 Å². The Labute approximate surface area is 159 Å². The second-order valence-electron chi connectivity index (χ2n) is 6.58. The van der Waals surface area contributed by atoms with Crippen LogP contribution in [-0.4, -0.2) is 61.8 Å². The lowest BCUT2D eigenvalue weighted by atomic mass is 10.0. The molecule has 0 aliphatic rings. The molecule has 142 valence electrons. The number of fused-ring (bicyclic) bond motifs is 3. The normalized spacial score (nSPS) is 12.3.